The van der Waals surface area contributed by atoms with E-state index in [1.165, 1.54) is 0 Å². The van der Waals surface area contributed by atoms with E-state index in [1.807, 2.05) is 60.7 Å². The van der Waals surface area contributed by atoms with Gasteiger partial charge in [-0.25, -0.2) is 0 Å². The predicted molar refractivity (Wildman–Crippen MR) is 114 cm³/mol. The monoisotopic (exact) mass is 402 g/mol. The van der Waals surface area contributed by atoms with E-state index in [4.69, 9.17) is 9.47 Å². The highest BCUT2D eigenvalue weighted by molar-refractivity contribution is 5.94. The number of hydrogen-bond donors (Lipinski definition) is 2. The first-order valence-corrected chi connectivity index (χ1v) is 9.80. The van der Waals surface area contributed by atoms with Crippen LogP contribution >= 0.6 is 0 Å². The van der Waals surface area contributed by atoms with Gasteiger partial charge in [0.1, 0.15) is 17.2 Å². The number of ether oxygens (including phenoxy) is 2. The summed E-state index contributed by atoms with van der Waals surface area (Å²) in [7, 11) is 0. The van der Waals surface area contributed by atoms with Crippen molar-refractivity contribution in [3.63, 3.8) is 0 Å². The summed E-state index contributed by atoms with van der Waals surface area (Å²) in [5.41, 5.74) is 2.75. The average Bonchev–Trinajstić information content (AvgIpc) is 2.77. The molecular weight excluding hydrogens is 380 g/mol. The van der Waals surface area contributed by atoms with Crippen molar-refractivity contribution in [2.24, 2.45) is 0 Å². The number of fused-ring (bicyclic) bond motifs is 1. The van der Waals surface area contributed by atoms with Crippen LogP contribution in [0.1, 0.15) is 17.5 Å². The summed E-state index contributed by atoms with van der Waals surface area (Å²) in [4.78, 5) is 23.6. The van der Waals surface area contributed by atoms with E-state index in [2.05, 4.69) is 10.6 Å². The van der Waals surface area contributed by atoms with Crippen LogP contribution in [0.5, 0.6) is 17.2 Å². The average molecular weight is 402 g/mol. The predicted octanol–water partition coefficient (Wildman–Crippen LogP) is 4.06. The summed E-state index contributed by atoms with van der Waals surface area (Å²) in [6, 6.07) is 22.6. The number of carbonyl (C=O) groups excluding carboxylic acids is 2. The molecule has 4 rings (SSSR count). The summed E-state index contributed by atoms with van der Waals surface area (Å²) in [6.07, 6.45) is 1.13. The minimum atomic E-state index is -0.213. The molecule has 1 heterocycles. The van der Waals surface area contributed by atoms with Gasteiger partial charge in [-0.1, -0.05) is 30.3 Å². The van der Waals surface area contributed by atoms with E-state index in [1.54, 1.807) is 12.1 Å². The lowest BCUT2D eigenvalue weighted by atomic mass is 10.0. The van der Waals surface area contributed by atoms with Crippen molar-refractivity contribution in [2.45, 2.75) is 19.4 Å². The molecule has 0 saturated heterocycles. The maximum absolute atomic E-state index is 12.2. The van der Waals surface area contributed by atoms with Crippen LogP contribution in [0.3, 0.4) is 0 Å². The Kier molecular flexibility index (Phi) is 5.94. The third-order valence-corrected chi connectivity index (χ3v) is 4.71. The fraction of sp³-hybridized carbons (Fsp3) is 0.167. The lowest BCUT2D eigenvalue weighted by Crippen LogP contribution is -2.28. The Morgan fingerprint density at radius 3 is 2.60 bits per heavy atom. The van der Waals surface area contributed by atoms with Crippen LogP contribution in [0.4, 0.5) is 5.69 Å². The van der Waals surface area contributed by atoms with Crippen LogP contribution in [-0.2, 0) is 22.6 Å². The Hall–Kier alpha value is -3.80. The van der Waals surface area contributed by atoms with E-state index in [9.17, 15) is 9.59 Å². The number of anilines is 1. The summed E-state index contributed by atoms with van der Waals surface area (Å²) in [5.74, 6) is 1.89. The smallest absolute Gasteiger partial charge is 0.258 e. The third kappa shape index (κ3) is 5.17. The zero-order valence-electron chi connectivity index (χ0n) is 16.4. The van der Waals surface area contributed by atoms with Crippen molar-refractivity contribution in [2.75, 3.05) is 11.9 Å². The number of para-hydroxylation sites is 1. The lowest BCUT2D eigenvalue weighted by Gasteiger charge is -2.17. The number of rotatable bonds is 7. The van der Waals surface area contributed by atoms with Gasteiger partial charge in [0.05, 0.1) is 0 Å². The highest BCUT2D eigenvalue weighted by atomic mass is 16.5. The molecule has 1 aliphatic rings. The van der Waals surface area contributed by atoms with Gasteiger partial charge in [-0.15, -0.1) is 0 Å². The Labute approximate surface area is 174 Å². The summed E-state index contributed by atoms with van der Waals surface area (Å²) < 4.78 is 11.4. The zero-order chi connectivity index (χ0) is 20.8. The minimum absolute atomic E-state index is 0.0220. The topological polar surface area (TPSA) is 76.7 Å². The van der Waals surface area contributed by atoms with Gasteiger partial charge in [0.25, 0.3) is 5.91 Å². The molecule has 0 atom stereocenters. The largest absolute Gasteiger partial charge is 0.484 e. The molecule has 2 amide bonds. The fourth-order valence-corrected chi connectivity index (χ4v) is 3.19. The van der Waals surface area contributed by atoms with Crippen LogP contribution in [0.25, 0.3) is 0 Å². The summed E-state index contributed by atoms with van der Waals surface area (Å²) in [5, 5.41) is 5.68. The molecule has 3 aromatic carbocycles. The standard InChI is InChI=1S/C24H22N2O4/c27-23-12-9-18-14-20(10-11-22(18)26-23)29-16-24(28)25-15-17-5-4-8-21(13-17)30-19-6-2-1-3-7-19/h1-8,10-11,13-14H,9,12,15-16H2,(H,25,28)(H,26,27). The highest BCUT2D eigenvalue weighted by Gasteiger charge is 2.15. The molecule has 0 unspecified atom stereocenters. The molecule has 152 valence electrons. The van der Waals surface area contributed by atoms with Gasteiger partial charge in [0.2, 0.25) is 5.91 Å². The van der Waals surface area contributed by atoms with Crippen molar-refractivity contribution in [3.8, 4) is 17.2 Å². The van der Waals surface area contributed by atoms with Crippen molar-refractivity contribution < 1.29 is 19.1 Å². The van der Waals surface area contributed by atoms with Crippen LogP contribution in [0, 0.1) is 0 Å². The second-order valence-corrected chi connectivity index (χ2v) is 7.00. The van der Waals surface area contributed by atoms with Gasteiger partial charge in [-0.05, 0) is 60.0 Å². The summed E-state index contributed by atoms with van der Waals surface area (Å²) >= 11 is 0. The van der Waals surface area contributed by atoms with Gasteiger partial charge >= 0.3 is 0 Å². The second-order valence-electron chi connectivity index (χ2n) is 7.00. The number of benzene rings is 3. The number of hydrogen-bond acceptors (Lipinski definition) is 4. The zero-order valence-corrected chi connectivity index (χ0v) is 16.4. The first kappa shape index (κ1) is 19.5. The molecule has 0 bridgehead atoms. The van der Waals surface area contributed by atoms with Gasteiger partial charge in [-0.2, -0.15) is 0 Å². The van der Waals surface area contributed by atoms with E-state index in [0.717, 1.165) is 22.6 Å². The first-order valence-electron chi connectivity index (χ1n) is 9.80. The highest BCUT2D eigenvalue weighted by Crippen LogP contribution is 2.26. The van der Waals surface area contributed by atoms with E-state index in [0.29, 0.717) is 30.9 Å². The molecule has 0 spiro atoms. The molecule has 0 fully saturated rings. The molecule has 0 saturated carbocycles. The van der Waals surface area contributed by atoms with Crippen LogP contribution in [0.2, 0.25) is 0 Å². The van der Waals surface area contributed by atoms with Crippen molar-refractivity contribution in [3.05, 3.63) is 83.9 Å². The van der Waals surface area contributed by atoms with Gasteiger partial charge in [-0.3, -0.25) is 9.59 Å². The molecule has 0 aliphatic carbocycles. The van der Waals surface area contributed by atoms with Crippen molar-refractivity contribution in [1.82, 2.24) is 5.32 Å². The Morgan fingerprint density at radius 2 is 1.73 bits per heavy atom. The Bertz CT molecular complexity index is 1050. The molecule has 30 heavy (non-hydrogen) atoms. The van der Waals surface area contributed by atoms with E-state index < -0.39 is 0 Å². The van der Waals surface area contributed by atoms with Crippen molar-refractivity contribution in [1.29, 1.82) is 0 Å². The quantitative estimate of drug-likeness (QED) is 0.625. The number of amides is 2. The molecule has 0 aromatic heterocycles. The SMILES string of the molecule is O=C(COc1ccc2c(c1)CCC(=O)N2)NCc1cccc(Oc2ccccc2)c1. The van der Waals surface area contributed by atoms with Gasteiger partial charge in [0, 0.05) is 18.7 Å². The first-order chi connectivity index (χ1) is 14.7. The van der Waals surface area contributed by atoms with Gasteiger partial charge < -0.3 is 20.1 Å². The minimum Gasteiger partial charge on any atom is -0.484 e. The van der Waals surface area contributed by atoms with Gasteiger partial charge in [0.15, 0.2) is 6.61 Å². The number of aryl methyl sites for hydroxylation is 1. The number of nitrogens with one attached hydrogen (secondary N) is 2. The van der Waals surface area contributed by atoms with Crippen LogP contribution < -0.4 is 20.1 Å². The Balaban J connectivity index is 1.27. The molecule has 1 aliphatic heterocycles. The fourth-order valence-electron chi connectivity index (χ4n) is 3.19. The maximum atomic E-state index is 12.2. The molecule has 3 aromatic rings. The molecule has 6 heteroatoms. The maximum Gasteiger partial charge on any atom is 0.258 e. The number of carbonyl (C=O) groups is 2. The van der Waals surface area contributed by atoms with Crippen LogP contribution in [0.15, 0.2) is 72.8 Å². The van der Waals surface area contributed by atoms with Crippen molar-refractivity contribution >= 4 is 17.5 Å². The normalized spacial score (nSPS) is 12.5. The Morgan fingerprint density at radius 1 is 0.900 bits per heavy atom. The molecule has 0 radical (unpaired) electrons. The molecular formula is C24H22N2O4. The van der Waals surface area contributed by atoms with E-state index in [-0.39, 0.29) is 18.4 Å². The second kappa shape index (κ2) is 9.13. The van der Waals surface area contributed by atoms with E-state index >= 15 is 0 Å². The van der Waals surface area contributed by atoms with Crippen LogP contribution in [-0.4, -0.2) is 18.4 Å². The lowest BCUT2D eigenvalue weighted by molar-refractivity contribution is -0.123. The summed E-state index contributed by atoms with van der Waals surface area (Å²) in [6.45, 7) is 0.301. The molecule has 2 N–H and O–H groups in total. The third-order valence-electron chi connectivity index (χ3n) is 4.71. The molecule has 6 nitrogen and oxygen atoms in total.